The van der Waals surface area contributed by atoms with Gasteiger partial charge in [-0.3, -0.25) is 0 Å². The Labute approximate surface area is 229 Å². The Morgan fingerprint density at radius 3 is 2.71 bits per heavy atom. The number of likely N-dealkylation sites (N-methyl/N-ethyl adjacent to an activating group) is 1. The van der Waals surface area contributed by atoms with Crippen molar-refractivity contribution in [3.63, 3.8) is 0 Å². The number of halogens is 4. The molecule has 216 valence electrons. The second-order valence-corrected chi connectivity index (χ2v) is 11.4. The van der Waals surface area contributed by atoms with E-state index in [0.29, 0.717) is 64.6 Å². The van der Waals surface area contributed by atoms with E-state index in [0.717, 1.165) is 6.42 Å². The first-order valence-corrected chi connectivity index (χ1v) is 14.2. The predicted molar refractivity (Wildman–Crippen MR) is 143 cm³/mol. The van der Waals surface area contributed by atoms with Crippen molar-refractivity contribution in [2.24, 2.45) is 11.8 Å². The standard InChI is InChI=1S/C28H43ClF3N3O3/c1-33-18-22(17-20-10-13-27(31,32)14-11-20)34-26(36)35-15-6-7-21(19-35)28(37,12-3-4-16-38-2)23-8-5-9-24(29)25(23)30/h5,8-9,20-22,33,37H,3-4,6-7,10-19H2,1-2H3,(H,34,36)/t21-,22+,28+/m1/s1. The number of amides is 2. The number of benzene rings is 1. The Kier molecular flexibility index (Phi) is 11.6. The fraction of sp³-hybridized carbons (Fsp3) is 0.750. The number of methoxy groups -OCH3 is 1. The summed E-state index contributed by atoms with van der Waals surface area (Å²) in [6.45, 7) is 1.88. The third-order valence-electron chi connectivity index (χ3n) is 8.19. The first kappa shape index (κ1) is 31.0. The maximum absolute atomic E-state index is 15.1. The van der Waals surface area contributed by atoms with Gasteiger partial charge < -0.3 is 25.4 Å². The molecule has 0 radical (unpaired) electrons. The molecule has 3 atom stereocenters. The number of nitrogens with zero attached hydrogens (tertiary/aromatic N) is 1. The summed E-state index contributed by atoms with van der Waals surface area (Å²) in [6, 6.07) is 4.24. The number of hydrogen-bond acceptors (Lipinski definition) is 4. The summed E-state index contributed by atoms with van der Waals surface area (Å²) in [4.78, 5) is 15.0. The van der Waals surface area contributed by atoms with Gasteiger partial charge >= 0.3 is 6.03 Å². The Hall–Kier alpha value is -1.55. The summed E-state index contributed by atoms with van der Waals surface area (Å²) >= 11 is 6.08. The number of urea groups is 1. The first-order chi connectivity index (χ1) is 18.1. The van der Waals surface area contributed by atoms with E-state index in [2.05, 4.69) is 10.6 Å². The minimum absolute atomic E-state index is 0.0430. The lowest BCUT2D eigenvalue weighted by atomic mass is 9.74. The van der Waals surface area contributed by atoms with Crippen molar-refractivity contribution in [3.8, 4) is 0 Å². The number of ether oxygens (including phenoxy) is 1. The molecular weight excluding hydrogens is 519 g/mol. The Morgan fingerprint density at radius 2 is 2.03 bits per heavy atom. The highest BCUT2D eigenvalue weighted by Gasteiger charge is 2.43. The van der Waals surface area contributed by atoms with Gasteiger partial charge in [-0.2, -0.15) is 0 Å². The third-order valence-corrected chi connectivity index (χ3v) is 8.48. The van der Waals surface area contributed by atoms with Gasteiger partial charge in [0.2, 0.25) is 5.92 Å². The molecule has 0 unspecified atom stereocenters. The van der Waals surface area contributed by atoms with E-state index in [-0.39, 0.29) is 53.9 Å². The van der Waals surface area contributed by atoms with E-state index in [9.17, 15) is 18.7 Å². The molecule has 38 heavy (non-hydrogen) atoms. The van der Waals surface area contributed by atoms with E-state index in [1.165, 1.54) is 6.07 Å². The lowest BCUT2D eigenvalue weighted by Gasteiger charge is -2.43. The van der Waals surface area contributed by atoms with E-state index in [4.69, 9.17) is 16.3 Å². The van der Waals surface area contributed by atoms with Crippen LogP contribution in [0.5, 0.6) is 0 Å². The molecule has 2 amide bonds. The van der Waals surface area contributed by atoms with Crippen LogP contribution in [-0.4, -0.2) is 68.4 Å². The van der Waals surface area contributed by atoms with Crippen LogP contribution in [0, 0.1) is 17.7 Å². The normalized spacial score (nSPS) is 22.6. The van der Waals surface area contributed by atoms with Gasteiger partial charge in [-0.1, -0.05) is 23.7 Å². The smallest absolute Gasteiger partial charge is 0.317 e. The number of alkyl halides is 2. The van der Waals surface area contributed by atoms with Crippen LogP contribution in [0.25, 0.3) is 0 Å². The zero-order valence-electron chi connectivity index (χ0n) is 22.6. The summed E-state index contributed by atoms with van der Waals surface area (Å²) in [5, 5.41) is 18.1. The van der Waals surface area contributed by atoms with Crippen LogP contribution in [0.1, 0.15) is 69.8 Å². The number of rotatable bonds is 12. The minimum atomic E-state index is -2.58. The predicted octanol–water partition coefficient (Wildman–Crippen LogP) is 5.71. The van der Waals surface area contributed by atoms with Gasteiger partial charge in [-0.15, -0.1) is 0 Å². The van der Waals surface area contributed by atoms with Crippen molar-refractivity contribution >= 4 is 17.6 Å². The molecule has 3 rings (SSSR count). The van der Waals surface area contributed by atoms with Crippen molar-refractivity contribution in [2.75, 3.05) is 40.4 Å². The highest BCUT2D eigenvalue weighted by atomic mass is 35.5. The maximum Gasteiger partial charge on any atom is 0.317 e. The molecule has 1 aliphatic heterocycles. The van der Waals surface area contributed by atoms with Crippen molar-refractivity contribution in [1.82, 2.24) is 15.5 Å². The second-order valence-electron chi connectivity index (χ2n) is 11.0. The molecule has 0 bridgehead atoms. The highest BCUT2D eigenvalue weighted by molar-refractivity contribution is 6.30. The molecule has 10 heteroatoms. The number of likely N-dealkylation sites (tertiary alicyclic amines) is 1. The van der Waals surface area contributed by atoms with Crippen molar-refractivity contribution in [1.29, 1.82) is 0 Å². The van der Waals surface area contributed by atoms with E-state index in [1.807, 2.05) is 0 Å². The van der Waals surface area contributed by atoms with Crippen molar-refractivity contribution in [2.45, 2.75) is 81.8 Å². The first-order valence-electron chi connectivity index (χ1n) is 13.8. The number of carbonyl (C=O) groups is 1. The molecule has 0 spiro atoms. The van der Waals surface area contributed by atoms with Gasteiger partial charge in [0, 0.05) is 63.7 Å². The SMILES string of the molecule is CNC[C@H](CC1CCC(F)(F)CC1)NC(=O)N1CCC[C@@H]([C@@](O)(CCCCOC)c2cccc(Cl)c2F)C1. The number of hydrogen-bond donors (Lipinski definition) is 3. The van der Waals surface area contributed by atoms with E-state index < -0.39 is 17.3 Å². The van der Waals surface area contributed by atoms with Crippen LogP contribution >= 0.6 is 11.6 Å². The maximum atomic E-state index is 15.1. The van der Waals surface area contributed by atoms with Crippen LogP contribution in [0.15, 0.2) is 18.2 Å². The van der Waals surface area contributed by atoms with Crippen LogP contribution < -0.4 is 10.6 Å². The summed E-state index contributed by atoms with van der Waals surface area (Å²) < 4.78 is 47.5. The summed E-state index contributed by atoms with van der Waals surface area (Å²) in [5.41, 5.74) is -1.32. The zero-order valence-corrected chi connectivity index (χ0v) is 23.3. The molecule has 1 saturated carbocycles. The Bertz CT molecular complexity index is 899. The summed E-state index contributed by atoms with van der Waals surface area (Å²) in [5.74, 6) is -3.44. The average Bonchev–Trinajstić information content (AvgIpc) is 2.89. The van der Waals surface area contributed by atoms with Gasteiger partial charge in [0.1, 0.15) is 5.82 Å². The van der Waals surface area contributed by atoms with Gasteiger partial charge in [-0.25, -0.2) is 18.0 Å². The molecule has 1 heterocycles. The molecule has 6 nitrogen and oxygen atoms in total. The number of nitrogens with one attached hydrogen (secondary N) is 2. The zero-order chi connectivity index (χ0) is 27.8. The van der Waals surface area contributed by atoms with Crippen LogP contribution in [-0.2, 0) is 10.3 Å². The molecule has 1 aliphatic carbocycles. The molecule has 1 aromatic carbocycles. The second kappa shape index (κ2) is 14.2. The molecule has 2 aliphatic rings. The number of piperidine rings is 1. The van der Waals surface area contributed by atoms with Crippen LogP contribution in [0.2, 0.25) is 5.02 Å². The third kappa shape index (κ3) is 8.23. The monoisotopic (exact) mass is 561 g/mol. The number of carbonyl (C=O) groups excluding carboxylic acids is 1. The topological polar surface area (TPSA) is 73.8 Å². The molecule has 2 fully saturated rings. The van der Waals surface area contributed by atoms with E-state index >= 15 is 4.39 Å². The van der Waals surface area contributed by atoms with Gasteiger partial charge in [0.25, 0.3) is 0 Å². The van der Waals surface area contributed by atoms with Crippen LogP contribution in [0.4, 0.5) is 18.0 Å². The summed E-state index contributed by atoms with van der Waals surface area (Å²) in [6.07, 6.45) is 4.33. The van der Waals surface area contributed by atoms with Gasteiger partial charge in [0.15, 0.2) is 0 Å². The van der Waals surface area contributed by atoms with Crippen molar-refractivity contribution < 1.29 is 27.8 Å². The summed E-state index contributed by atoms with van der Waals surface area (Å²) in [7, 11) is 3.42. The van der Waals surface area contributed by atoms with E-state index in [1.54, 1.807) is 31.2 Å². The fourth-order valence-corrected chi connectivity index (χ4v) is 6.21. The Balaban J connectivity index is 1.70. The van der Waals surface area contributed by atoms with Crippen LogP contribution in [0.3, 0.4) is 0 Å². The molecule has 1 saturated heterocycles. The molecular formula is C28H43ClF3N3O3. The lowest BCUT2D eigenvalue weighted by molar-refractivity contribution is -0.0589. The number of unbranched alkanes of at least 4 members (excludes halogenated alkanes) is 1. The average molecular weight is 562 g/mol. The lowest BCUT2D eigenvalue weighted by Crippen LogP contribution is -2.54. The van der Waals surface area contributed by atoms with Gasteiger partial charge in [-0.05, 0) is 70.4 Å². The fourth-order valence-electron chi connectivity index (χ4n) is 6.03. The minimum Gasteiger partial charge on any atom is -0.385 e. The molecule has 1 aromatic rings. The highest BCUT2D eigenvalue weighted by Crippen LogP contribution is 2.42. The number of aliphatic hydroxyl groups is 1. The quantitative estimate of drug-likeness (QED) is 0.286. The largest absolute Gasteiger partial charge is 0.385 e. The molecule has 3 N–H and O–H groups in total. The van der Waals surface area contributed by atoms with Crippen molar-refractivity contribution in [3.05, 3.63) is 34.6 Å². The van der Waals surface area contributed by atoms with Gasteiger partial charge in [0.05, 0.1) is 10.6 Å². The molecule has 0 aromatic heterocycles. The Morgan fingerprint density at radius 1 is 1.29 bits per heavy atom.